The van der Waals surface area contributed by atoms with Crippen molar-refractivity contribution < 1.29 is 33.3 Å². The molecule has 0 radical (unpaired) electrons. The summed E-state index contributed by atoms with van der Waals surface area (Å²) in [4.78, 5) is 32.1. The number of hydrogen-bond donors (Lipinski definition) is 2. The summed E-state index contributed by atoms with van der Waals surface area (Å²) in [6.07, 6.45) is 1.61. The van der Waals surface area contributed by atoms with Gasteiger partial charge in [-0.05, 0) is 43.2 Å². The third kappa shape index (κ3) is 5.73. The van der Waals surface area contributed by atoms with Crippen molar-refractivity contribution in [1.82, 2.24) is 10.3 Å². The van der Waals surface area contributed by atoms with Gasteiger partial charge in [-0.25, -0.2) is 14.2 Å². The quantitative estimate of drug-likeness (QED) is 0.422. The summed E-state index contributed by atoms with van der Waals surface area (Å²) in [6, 6.07) is 3.37. The van der Waals surface area contributed by atoms with Crippen molar-refractivity contribution in [3.63, 3.8) is 0 Å². The molecule has 2 aliphatic rings. The zero-order valence-corrected chi connectivity index (χ0v) is 19.5. The van der Waals surface area contributed by atoms with Gasteiger partial charge < -0.3 is 29.5 Å². The summed E-state index contributed by atoms with van der Waals surface area (Å²) >= 11 is 0. The standard InChI is InChI=1S/C23H34FN3O6/c1-4-23(5-2,22(30)32-9-8-24)26-20(29)18-6-7-19(27-11-17(12-27)31-3)21(25-18)33-14-16-10-15(16)13-28/h6-7,15-17,28H,4-5,8-14H2,1-3H3,(H,26,29)/t15-,16-/m1/s1. The van der Waals surface area contributed by atoms with Crippen molar-refractivity contribution in [1.29, 1.82) is 0 Å². The van der Waals surface area contributed by atoms with Gasteiger partial charge in [-0.1, -0.05) is 13.8 Å². The van der Waals surface area contributed by atoms with Gasteiger partial charge in [-0.15, -0.1) is 0 Å². The van der Waals surface area contributed by atoms with E-state index >= 15 is 0 Å². The molecule has 10 heteroatoms. The Bertz CT molecular complexity index is 828. The molecule has 1 aliphatic carbocycles. The van der Waals surface area contributed by atoms with Crippen LogP contribution in [-0.2, 0) is 14.3 Å². The minimum absolute atomic E-state index is 0.108. The number of aromatic nitrogens is 1. The lowest BCUT2D eigenvalue weighted by Crippen LogP contribution is -2.55. The highest BCUT2D eigenvalue weighted by Gasteiger charge is 2.40. The lowest BCUT2D eigenvalue weighted by molar-refractivity contribution is -0.152. The number of nitrogens with one attached hydrogen (secondary N) is 1. The number of nitrogens with zero attached hydrogens (tertiary/aromatic N) is 2. The van der Waals surface area contributed by atoms with Gasteiger partial charge in [-0.3, -0.25) is 4.79 Å². The maximum Gasteiger partial charge on any atom is 0.331 e. The number of pyridine rings is 1. The molecule has 1 saturated carbocycles. The number of aliphatic hydroxyl groups excluding tert-OH is 1. The highest BCUT2D eigenvalue weighted by atomic mass is 19.1. The molecule has 1 aliphatic heterocycles. The average Bonchev–Trinajstić information content (AvgIpc) is 3.58. The number of carbonyl (C=O) groups excluding carboxylic acids is 2. The number of anilines is 1. The van der Waals surface area contributed by atoms with Crippen LogP contribution in [0.25, 0.3) is 0 Å². The molecule has 9 nitrogen and oxygen atoms in total. The molecular formula is C23H34FN3O6. The third-order valence-electron chi connectivity index (χ3n) is 6.59. The van der Waals surface area contributed by atoms with E-state index in [2.05, 4.69) is 15.2 Å². The van der Waals surface area contributed by atoms with Crippen LogP contribution in [0.3, 0.4) is 0 Å². The van der Waals surface area contributed by atoms with E-state index in [1.165, 1.54) is 0 Å². The largest absolute Gasteiger partial charge is 0.476 e. The molecule has 1 aromatic heterocycles. The van der Waals surface area contributed by atoms with Gasteiger partial charge >= 0.3 is 5.97 Å². The molecule has 0 spiro atoms. The third-order valence-corrected chi connectivity index (χ3v) is 6.59. The number of amides is 1. The Labute approximate surface area is 193 Å². The number of halogens is 1. The van der Waals surface area contributed by atoms with E-state index in [0.29, 0.717) is 25.6 Å². The second-order valence-corrected chi connectivity index (χ2v) is 8.60. The second kappa shape index (κ2) is 11.1. The lowest BCUT2D eigenvalue weighted by atomic mass is 9.92. The normalized spacial score (nSPS) is 20.2. The fraction of sp³-hybridized carbons (Fsp3) is 0.696. The van der Waals surface area contributed by atoms with Crippen LogP contribution < -0.4 is 15.0 Å². The van der Waals surface area contributed by atoms with Crippen LogP contribution in [0.15, 0.2) is 12.1 Å². The Morgan fingerprint density at radius 3 is 2.58 bits per heavy atom. The van der Waals surface area contributed by atoms with Crippen molar-refractivity contribution in [2.45, 2.75) is 44.8 Å². The van der Waals surface area contributed by atoms with Gasteiger partial charge in [0.05, 0.1) is 12.7 Å². The van der Waals surface area contributed by atoms with Crippen LogP contribution in [0.5, 0.6) is 5.88 Å². The molecule has 2 fully saturated rings. The fourth-order valence-corrected chi connectivity index (χ4v) is 3.93. The maximum absolute atomic E-state index is 13.0. The number of esters is 1. The van der Waals surface area contributed by atoms with Crippen molar-refractivity contribution in [3.8, 4) is 5.88 Å². The molecule has 2 heterocycles. The van der Waals surface area contributed by atoms with Gasteiger partial charge in [-0.2, -0.15) is 0 Å². The van der Waals surface area contributed by atoms with E-state index in [1.807, 2.05) is 0 Å². The lowest BCUT2D eigenvalue weighted by Gasteiger charge is -2.40. The smallest absolute Gasteiger partial charge is 0.331 e. The first-order valence-corrected chi connectivity index (χ1v) is 11.5. The van der Waals surface area contributed by atoms with E-state index in [0.717, 1.165) is 12.1 Å². The minimum atomic E-state index is -1.26. The predicted octanol–water partition coefficient (Wildman–Crippen LogP) is 1.73. The van der Waals surface area contributed by atoms with Crippen molar-refractivity contribution in [2.75, 3.05) is 51.6 Å². The molecule has 0 bridgehead atoms. The van der Waals surface area contributed by atoms with Crippen LogP contribution >= 0.6 is 0 Å². The molecule has 184 valence electrons. The summed E-state index contributed by atoms with van der Waals surface area (Å²) in [5.74, 6) is -0.360. The number of rotatable bonds is 13. The summed E-state index contributed by atoms with van der Waals surface area (Å²) < 4.78 is 28.8. The van der Waals surface area contributed by atoms with E-state index in [1.54, 1.807) is 33.1 Å². The molecule has 1 saturated heterocycles. The molecule has 33 heavy (non-hydrogen) atoms. The molecule has 2 N–H and O–H groups in total. The summed E-state index contributed by atoms with van der Waals surface area (Å²) in [7, 11) is 1.67. The number of alkyl halides is 1. The van der Waals surface area contributed by atoms with Crippen LogP contribution in [0.1, 0.15) is 43.6 Å². The maximum atomic E-state index is 13.0. The van der Waals surface area contributed by atoms with Crippen molar-refractivity contribution in [3.05, 3.63) is 17.8 Å². The van der Waals surface area contributed by atoms with E-state index in [4.69, 9.17) is 14.2 Å². The zero-order chi connectivity index (χ0) is 24.0. The number of aliphatic hydroxyl groups is 1. The average molecular weight is 468 g/mol. The molecule has 0 unspecified atom stereocenters. The van der Waals surface area contributed by atoms with E-state index in [-0.39, 0.29) is 49.7 Å². The Hall–Kier alpha value is -2.46. The van der Waals surface area contributed by atoms with Crippen molar-refractivity contribution >= 4 is 17.6 Å². The molecule has 3 rings (SSSR count). The van der Waals surface area contributed by atoms with Gasteiger partial charge in [0, 0.05) is 26.8 Å². The monoisotopic (exact) mass is 467 g/mol. The molecule has 0 aromatic carbocycles. The van der Waals surface area contributed by atoms with Crippen LogP contribution in [-0.4, -0.2) is 80.3 Å². The molecule has 1 amide bonds. The van der Waals surface area contributed by atoms with E-state index in [9.17, 15) is 19.1 Å². The Balaban J connectivity index is 1.77. The minimum Gasteiger partial charge on any atom is -0.476 e. The SMILES string of the molecule is CCC(CC)(NC(=O)c1ccc(N2CC(OC)C2)c(OC[C@H]2C[C@@H]2CO)n1)C(=O)OCCF. The summed E-state index contributed by atoms with van der Waals surface area (Å²) in [5.41, 5.74) is -0.392. The molecule has 1 aromatic rings. The number of methoxy groups -OCH3 is 1. The fourth-order valence-electron chi connectivity index (χ4n) is 3.93. The first-order valence-electron chi connectivity index (χ1n) is 11.5. The number of carbonyl (C=O) groups is 2. The first-order chi connectivity index (χ1) is 15.9. The van der Waals surface area contributed by atoms with Gasteiger partial charge in [0.1, 0.15) is 30.2 Å². The highest BCUT2D eigenvalue weighted by molar-refractivity contribution is 5.97. The van der Waals surface area contributed by atoms with Crippen LogP contribution in [0.4, 0.5) is 10.1 Å². The Morgan fingerprint density at radius 1 is 1.27 bits per heavy atom. The first kappa shape index (κ1) is 25.2. The van der Waals surface area contributed by atoms with Crippen LogP contribution in [0.2, 0.25) is 0 Å². The Kier molecular flexibility index (Phi) is 8.47. The summed E-state index contributed by atoms with van der Waals surface area (Å²) in [5, 5.41) is 12.0. The second-order valence-electron chi connectivity index (χ2n) is 8.60. The topological polar surface area (TPSA) is 110 Å². The predicted molar refractivity (Wildman–Crippen MR) is 119 cm³/mol. The Morgan fingerprint density at radius 2 is 2.00 bits per heavy atom. The van der Waals surface area contributed by atoms with Crippen LogP contribution in [0, 0.1) is 11.8 Å². The molecule has 2 atom stereocenters. The number of ether oxygens (including phenoxy) is 3. The van der Waals surface area contributed by atoms with Gasteiger partial charge in [0.15, 0.2) is 0 Å². The van der Waals surface area contributed by atoms with E-state index < -0.39 is 24.1 Å². The van der Waals surface area contributed by atoms with Gasteiger partial charge in [0.25, 0.3) is 5.91 Å². The molecular weight excluding hydrogens is 433 g/mol. The van der Waals surface area contributed by atoms with Gasteiger partial charge in [0.2, 0.25) is 5.88 Å². The highest BCUT2D eigenvalue weighted by Crippen LogP contribution is 2.39. The van der Waals surface area contributed by atoms with Crippen molar-refractivity contribution in [2.24, 2.45) is 11.8 Å². The number of hydrogen-bond acceptors (Lipinski definition) is 8. The summed E-state index contributed by atoms with van der Waals surface area (Å²) in [6.45, 7) is 4.30. The zero-order valence-electron chi connectivity index (χ0n) is 19.5.